The van der Waals surface area contributed by atoms with Gasteiger partial charge in [-0.15, -0.1) is 0 Å². The molecule has 110 valence electrons. The van der Waals surface area contributed by atoms with Crippen LogP contribution >= 0.6 is 0 Å². The first-order valence-corrected chi connectivity index (χ1v) is 10.4. The molecule has 0 saturated carbocycles. The molecule has 0 aromatic rings. The molecule has 0 aromatic heterocycles. The summed E-state index contributed by atoms with van der Waals surface area (Å²) < 4.78 is 23.0. The monoisotopic (exact) mass is 294 g/mol. The molecule has 2 atom stereocenters. The summed E-state index contributed by atoms with van der Waals surface area (Å²) in [5.41, 5.74) is 0. The van der Waals surface area contributed by atoms with Crippen LogP contribution in [0.1, 0.15) is 65.2 Å². The summed E-state index contributed by atoms with van der Waals surface area (Å²) in [6.45, 7) is 4.27. The zero-order chi connectivity index (χ0) is 13.6. The van der Waals surface area contributed by atoms with Crippen molar-refractivity contribution in [2.45, 2.75) is 65.2 Å². The Labute approximate surface area is 118 Å². The summed E-state index contributed by atoms with van der Waals surface area (Å²) in [4.78, 5) is 0. The van der Waals surface area contributed by atoms with E-state index in [1.807, 2.05) is 0 Å². The van der Waals surface area contributed by atoms with E-state index in [2.05, 4.69) is 13.8 Å². The maximum atomic E-state index is 11.5. The van der Waals surface area contributed by atoms with Gasteiger partial charge < -0.3 is 0 Å². The van der Waals surface area contributed by atoms with Crippen LogP contribution in [0.25, 0.3) is 0 Å². The minimum absolute atomic E-state index is 0.598. The van der Waals surface area contributed by atoms with Crippen molar-refractivity contribution < 1.29 is 8.42 Å². The van der Waals surface area contributed by atoms with Crippen LogP contribution in [0.5, 0.6) is 0 Å². The summed E-state index contributed by atoms with van der Waals surface area (Å²) in [5, 5.41) is 0. The van der Waals surface area contributed by atoms with Crippen molar-refractivity contribution >= 4 is 21.6 Å². The maximum absolute atomic E-state index is 11.5. The molecular weight excluding hydrogens is 264 g/mol. The van der Waals surface area contributed by atoms with Crippen molar-refractivity contribution in [1.82, 2.24) is 0 Å². The highest BCUT2D eigenvalue weighted by Gasteiger charge is 2.01. The van der Waals surface area contributed by atoms with E-state index in [4.69, 9.17) is 0 Å². The summed E-state index contributed by atoms with van der Waals surface area (Å²) in [6.07, 6.45) is 8.86. The quantitative estimate of drug-likeness (QED) is 0.486. The molecule has 0 N–H and O–H groups in total. The first-order valence-electron chi connectivity index (χ1n) is 7.40. The molecule has 0 aromatic carbocycles. The van der Waals surface area contributed by atoms with Crippen LogP contribution < -0.4 is 0 Å². The van der Waals surface area contributed by atoms with Crippen LogP contribution in [0, 0.1) is 0 Å². The van der Waals surface area contributed by atoms with Gasteiger partial charge in [-0.25, -0.2) is 0 Å². The SMILES string of the molecule is CCCCS(=O)CCCCCCS(=O)CCCC. The highest BCUT2D eigenvalue weighted by Crippen LogP contribution is 2.04. The first-order chi connectivity index (χ1) is 8.70. The molecule has 0 aliphatic rings. The minimum atomic E-state index is -0.598. The van der Waals surface area contributed by atoms with E-state index in [-0.39, 0.29) is 0 Å². The third-order valence-electron chi connectivity index (χ3n) is 2.95. The second-order valence-electron chi connectivity index (χ2n) is 4.82. The standard InChI is InChI=1S/C14H30O2S2/c1-3-5-11-17(15)13-9-7-8-10-14-18(16)12-6-4-2/h3-14H2,1-2H3. The van der Waals surface area contributed by atoms with Gasteiger partial charge in [0.1, 0.15) is 0 Å². The fourth-order valence-electron chi connectivity index (χ4n) is 1.69. The molecule has 2 nitrogen and oxygen atoms in total. The third-order valence-corrected chi connectivity index (χ3v) is 5.92. The Hall–Kier alpha value is 0.300. The number of hydrogen-bond donors (Lipinski definition) is 0. The van der Waals surface area contributed by atoms with Crippen molar-refractivity contribution in [3.8, 4) is 0 Å². The van der Waals surface area contributed by atoms with Crippen molar-refractivity contribution in [3.63, 3.8) is 0 Å². The van der Waals surface area contributed by atoms with Crippen molar-refractivity contribution in [2.75, 3.05) is 23.0 Å². The first kappa shape index (κ1) is 18.3. The highest BCUT2D eigenvalue weighted by molar-refractivity contribution is 7.85. The number of hydrogen-bond acceptors (Lipinski definition) is 2. The van der Waals surface area contributed by atoms with Crippen LogP contribution in [0.3, 0.4) is 0 Å². The van der Waals surface area contributed by atoms with Crippen molar-refractivity contribution in [2.24, 2.45) is 0 Å². The van der Waals surface area contributed by atoms with E-state index in [0.717, 1.165) is 74.4 Å². The van der Waals surface area contributed by atoms with Gasteiger partial charge >= 0.3 is 0 Å². The van der Waals surface area contributed by atoms with Crippen molar-refractivity contribution in [1.29, 1.82) is 0 Å². The predicted octanol–water partition coefficient (Wildman–Crippen LogP) is 3.64. The predicted molar refractivity (Wildman–Crippen MR) is 84.0 cm³/mol. The largest absolute Gasteiger partial charge is 0.260 e. The maximum Gasteiger partial charge on any atom is 0.0234 e. The lowest BCUT2D eigenvalue weighted by Crippen LogP contribution is -2.04. The van der Waals surface area contributed by atoms with Crippen LogP contribution in [0.4, 0.5) is 0 Å². The smallest absolute Gasteiger partial charge is 0.0234 e. The van der Waals surface area contributed by atoms with Gasteiger partial charge in [0.25, 0.3) is 0 Å². The zero-order valence-corrected chi connectivity index (χ0v) is 13.8. The molecule has 18 heavy (non-hydrogen) atoms. The zero-order valence-electron chi connectivity index (χ0n) is 12.1. The van der Waals surface area contributed by atoms with E-state index in [9.17, 15) is 8.42 Å². The van der Waals surface area contributed by atoms with Crippen LogP contribution in [-0.4, -0.2) is 31.4 Å². The van der Waals surface area contributed by atoms with E-state index in [1.165, 1.54) is 0 Å². The molecule has 0 spiro atoms. The van der Waals surface area contributed by atoms with Gasteiger partial charge in [-0.1, -0.05) is 39.5 Å². The Balaban J connectivity index is 3.25. The lowest BCUT2D eigenvalue weighted by Gasteiger charge is -2.03. The fraction of sp³-hybridized carbons (Fsp3) is 1.00. The van der Waals surface area contributed by atoms with Gasteiger partial charge in [-0.3, -0.25) is 8.42 Å². The second-order valence-corrected chi connectivity index (χ2v) is 8.21. The molecule has 0 aliphatic heterocycles. The number of unbranched alkanes of at least 4 members (excludes halogenated alkanes) is 5. The molecule has 0 saturated heterocycles. The molecule has 0 amide bonds. The fourth-order valence-corrected chi connectivity index (χ4v) is 4.38. The molecular formula is C14H30O2S2. The Kier molecular flexibility index (Phi) is 14.0. The molecule has 0 rings (SSSR count). The van der Waals surface area contributed by atoms with Gasteiger partial charge in [0.15, 0.2) is 0 Å². The second kappa shape index (κ2) is 13.7. The van der Waals surface area contributed by atoms with Gasteiger partial charge in [0.2, 0.25) is 0 Å². The summed E-state index contributed by atoms with van der Waals surface area (Å²) in [7, 11) is -1.20. The van der Waals surface area contributed by atoms with Crippen LogP contribution in [0.2, 0.25) is 0 Å². The van der Waals surface area contributed by atoms with E-state index < -0.39 is 21.6 Å². The summed E-state index contributed by atoms with van der Waals surface area (Å²) in [6, 6.07) is 0. The lowest BCUT2D eigenvalue weighted by molar-refractivity contribution is 0.657. The summed E-state index contributed by atoms with van der Waals surface area (Å²) >= 11 is 0. The normalized spacial score (nSPS) is 14.6. The molecule has 4 heteroatoms. The van der Waals surface area contributed by atoms with Gasteiger partial charge in [0, 0.05) is 44.6 Å². The van der Waals surface area contributed by atoms with Gasteiger partial charge in [-0.05, 0) is 25.7 Å². The average molecular weight is 295 g/mol. The van der Waals surface area contributed by atoms with Gasteiger partial charge in [-0.2, -0.15) is 0 Å². The Morgan fingerprint density at radius 1 is 0.556 bits per heavy atom. The third kappa shape index (κ3) is 12.7. The number of rotatable bonds is 13. The summed E-state index contributed by atoms with van der Waals surface area (Å²) in [5.74, 6) is 3.47. The van der Waals surface area contributed by atoms with Crippen LogP contribution in [-0.2, 0) is 21.6 Å². The molecule has 0 radical (unpaired) electrons. The average Bonchev–Trinajstić information content (AvgIpc) is 2.37. The van der Waals surface area contributed by atoms with Crippen LogP contribution in [0.15, 0.2) is 0 Å². The topological polar surface area (TPSA) is 34.1 Å². The van der Waals surface area contributed by atoms with E-state index >= 15 is 0 Å². The lowest BCUT2D eigenvalue weighted by atomic mass is 10.2. The van der Waals surface area contributed by atoms with E-state index in [1.54, 1.807) is 0 Å². The highest BCUT2D eigenvalue weighted by atomic mass is 32.2. The molecule has 2 unspecified atom stereocenters. The minimum Gasteiger partial charge on any atom is -0.260 e. The van der Waals surface area contributed by atoms with E-state index in [0.29, 0.717) is 0 Å². The Morgan fingerprint density at radius 3 is 1.22 bits per heavy atom. The van der Waals surface area contributed by atoms with Gasteiger partial charge in [0.05, 0.1) is 0 Å². The van der Waals surface area contributed by atoms with Crippen molar-refractivity contribution in [3.05, 3.63) is 0 Å². The molecule has 0 fully saturated rings. The molecule has 0 bridgehead atoms. The molecule has 0 aliphatic carbocycles. The Morgan fingerprint density at radius 2 is 0.889 bits per heavy atom. The molecule has 0 heterocycles. The Bertz CT molecular complexity index is 206.